The van der Waals surface area contributed by atoms with E-state index in [4.69, 9.17) is 9.84 Å². The molecule has 2 aromatic carbocycles. The molecular formula is C24H27N3O6. The van der Waals surface area contributed by atoms with Gasteiger partial charge in [-0.05, 0) is 28.2 Å². The highest BCUT2D eigenvalue weighted by molar-refractivity contribution is 5.87. The number of fused-ring (bicyclic) bond motifs is 3. The lowest BCUT2D eigenvalue weighted by Crippen LogP contribution is -2.43. The van der Waals surface area contributed by atoms with Crippen LogP contribution >= 0.6 is 0 Å². The van der Waals surface area contributed by atoms with Crippen LogP contribution in [0.4, 0.5) is 4.79 Å². The smallest absolute Gasteiger partial charge is 0.407 e. The Morgan fingerprint density at radius 2 is 1.42 bits per heavy atom. The summed E-state index contributed by atoms with van der Waals surface area (Å²) in [5.41, 5.74) is 4.43. The van der Waals surface area contributed by atoms with Crippen LogP contribution in [0.15, 0.2) is 48.5 Å². The summed E-state index contributed by atoms with van der Waals surface area (Å²) in [7, 11) is 0. The first-order valence-corrected chi connectivity index (χ1v) is 10.7. The fourth-order valence-corrected chi connectivity index (χ4v) is 3.76. The molecule has 0 saturated heterocycles. The second-order valence-corrected chi connectivity index (χ2v) is 7.96. The summed E-state index contributed by atoms with van der Waals surface area (Å²) in [6.07, 6.45) is -0.782. The summed E-state index contributed by atoms with van der Waals surface area (Å²) < 4.78 is 5.35. The van der Waals surface area contributed by atoms with E-state index in [0.29, 0.717) is 0 Å². The maximum absolute atomic E-state index is 12.1. The summed E-state index contributed by atoms with van der Waals surface area (Å²) in [6, 6.07) is 16.0. The number of benzene rings is 2. The first-order chi connectivity index (χ1) is 15.8. The van der Waals surface area contributed by atoms with Crippen LogP contribution in [0.1, 0.15) is 30.4 Å². The lowest BCUT2D eigenvalue weighted by Gasteiger charge is -2.14. The van der Waals surface area contributed by atoms with E-state index in [1.54, 1.807) is 6.92 Å². The van der Waals surface area contributed by atoms with Crippen molar-refractivity contribution in [2.24, 2.45) is 5.92 Å². The predicted molar refractivity (Wildman–Crippen MR) is 121 cm³/mol. The van der Waals surface area contributed by atoms with Gasteiger partial charge >= 0.3 is 12.1 Å². The number of nitrogens with one attached hydrogen (secondary N) is 3. The summed E-state index contributed by atoms with van der Waals surface area (Å²) >= 11 is 0. The summed E-state index contributed by atoms with van der Waals surface area (Å²) in [4.78, 5) is 46.3. The number of aliphatic carboxylic acids is 1. The van der Waals surface area contributed by atoms with Crippen LogP contribution in [-0.4, -0.2) is 55.2 Å². The molecule has 0 spiro atoms. The number of carboxylic acid groups (broad SMARTS) is 1. The standard InChI is InChI=1S/C24H27N3O6/c1-15(10-23(30)31)11-25-21(28)12-26-22(29)13-27-24(32)33-14-20-18-8-4-2-6-16(18)17-7-3-5-9-19(17)20/h2-9,15,20H,10-14H2,1H3,(H,25,28)(H,26,29)(H,27,32)(H,30,31). The second-order valence-electron chi connectivity index (χ2n) is 7.96. The summed E-state index contributed by atoms with van der Waals surface area (Å²) in [6.45, 7) is 1.42. The zero-order valence-corrected chi connectivity index (χ0v) is 18.3. The van der Waals surface area contributed by atoms with Crippen molar-refractivity contribution in [3.63, 3.8) is 0 Å². The molecule has 1 atom stereocenters. The van der Waals surface area contributed by atoms with Crippen molar-refractivity contribution in [1.29, 1.82) is 0 Å². The normalized spacial score (nSPS) is 12.8. The van der Waals surface area contributed by atoms with Crippen molar-refractivity contribution in [3.8, 4) is 11.1 Å². The van der Waals surface area contributed by atoms with E-state index in [-0.39, 0.29) is 44.5 Å². The van der Waals surface area contributed by atoms with Gasteiger partial charge in [0.05, 0.1) is 6.54 Å². The van der Waals surface area contributed by atoms with Gasteiger partial charge in [-0.2, -0.15) is 0 Å². The maximum atomic E-state index is 12.1. The molecule has 3 amide bonds. The van der Waals surface area contributed by atoms with Crippen molar-refractivity contribution in [2.45, 2.75) is 19.3 Å². The molecule has 0 fully saturated rings. The zero-order valence-electron chi connectivity index (χ0n) is 18.3. The minimum atomic E-state index is -0.940. The van der Waals surface area contributed by atoms with Gasteiger partial charge in [-0.1, -0.05) is 55.5 Å². The molecule has 2 aromatic rings. The molecule has 4 N–H and O–H groups in total. The Labute approximate surface area is 191 Å². The van der Waals surface area contributed by atoms with Crippen molar-refractivity contribution in [1.82, 2.24) is 16.0 Å². The molecule has 0 aliphatic heterocycles. The second kappa shape index (κ2) is 11.1. The Kier molecular flexibility index (Phi) is 8.01. The third kappa shape index (κ3) is 6.55. The fraction of sp³-hybridized carbons (Fsp3) is 0.333. The average molecular weight is 453 g/mol. The first-order valence-electron chi connectivity index (χ1n) is 10.7. The van der Waals surface area contributed by atoms with E-state index < -0.39 is 23.9 Å². The fourth-order valence-electron chi connectivity index (χ4n) is 3.76. The third-order valence-corrected chi connectivity index (χ3v) is 5.35. The predicted octanol–water partition coefficient (Wildman–Crippen LogP) is 1.87. The number of alkyl carbamates (subject to hydrolysis) is 1. The van der Waals surface area contributed by atoms with E-state index in [0.717, 1.165) is 22.3 Å². The lowest BCUT2D eigenvalue weighted by molar-refractivity contribution is -0.138. The van der Waals surface area contributed by atoms with E-state index in [1.807, 2.05) is 48.5 Å². The summed E-state index contributed by atoms with van der Waals surface area (Å²) in [5.74, 6) is -2.23. The molecule has 1 unspecified atom stereocenters. The molecule has 1 aliphatic carbocycles. The SMILES string of the molecule is CC(CNC(=O)CNC(=O)CNC(=O)OCC1c2ccccc2-c2ccccc21)CC(=O)O. The van der Waals surface area contributed by atoms with E-state index >= 15 is 0 Å². The summed E-state index contributed by atoms with van der Waals surface area (Å²) in [5, 5.41) is 16.0. The molecular weight excluding hydrogens is 426 g/mol. The molecule has 9 heteroatoms. The average Bonchev–Trinajstić information content (AvgIpc) is 3.12. The monoisotopic (exact) mass is 453 g/mol. The molecule has 0 radical (unpaired) electrons. The number of hydrogen-bond acceptors (Lipinski definition) is 5. The van der Waals surface area contributed by atoms with Crippen LogP contribution in [0.5, 0.6) is 0 Å². The van der Waals surface area contributed by atoms with E-state index in [1.165, 1.54) is 0 Å². The number of hydrogen-bond donors (Lipinski definition) is 4. The molecule has 0 saturated carbocycles. The van der Waals surface area contributed by atoms with Gasteiger partial charge in [0, 0.05) is 18.9 Å². The van der Waals surface area contributed by atoms with Gasteiger partial charge in [0.1, 0.15) is 13.2 Å². The van der Waals surface area contributed by atoms with Gasteiger partial charge in [0.2, 0.25) is 11.8 Å². The Morgan fingerprint density at radius 1 is 0.879 bits per heavy atom. The van der Waals surface area contributed by atoms with Crippen LogP contribution in [0, 0.1) is 5.92 Å². The van der Waals surface area contributed by atoms with Crippen LogP contribution in [-0.2, 0) is 19.1 Å². The number of ether oxygens (including phenoxy) is 1. The molecule has 0 aromatic heterocycles. The molecule has 1 aliphatic rings. The highest BCUT2D eigenvalue weighted by Gasteiger charge is 2.29. The minimum absolute atomic E-state index is 0.0588. The number of amides is 3. The van der Waals surface area contributed by atoms with Gasteiger partial charge in [-0.3, -0.25) is 14.4 Å². The Balaban J connectivity index is 1.38. The van der Waals surface area contributed by atoms with Crippen molar-refractivity contribution in [3.05, 3.63) is 59.7 Å². The number of rotatable bonds is 10. The largest absolute Gasteiger partial charge is 0.481 e. The van der Waals surface area contributed by atoms with Gasteiger partial charge in [-0.15, -0.1) is 0 Å². The van der Waals surface area contributed by atoms with Gasteiger partial charge in [0.15, 0.2) is 0 Å². The van der Waals surface area contributed by atoms with Gasteiger partial charge < -0.3 is 25.8 Å². The van der Waals surface area contributed by atoms with Crippen molar-refractivity contribution in [2.75, 3.05) is 26.2 Å². The van der Waals surface area contributed by atoms with E-state index in [9.17, 15) is 19.2 Å². The Hall–Kier alpha value is -3.88. The van der Waals surface area contributed by atoms with Crippen molar-refractivity contribution >= 4 is 23.9 Å². The van der Waals surface area contributed by atoms with Crippen LogP contribution in [0.25, 0.3) is 11.1 Å². The quantitative estimate of drug-likeness (QED) is 0.434. The first kappa shape index (κ1) is 23.8. The Morgan fingerprint density at radius 3 is 2.03 bits per heavy atom. The number of carbonyl (C=O) groups is 4. The lowest BCUT2D eigenvalue weighted by atomic mass is 9.98. The number of carbonyl (C=O) groups excluding carboxylic acids is 3. The van der Waals surface area contributed by atoms with Crippen LogP contribution in [0.2, 0.25) is 0 Å². The van der Waals surface area contributed by atoms with Crippen molar-refractivity contribution < 1.29 is 29.0 Å². The molecule has 3 rings (SSSR count). The van der Waals surface area contributed by atoms with Gasteiger partial charge in [-0.25, -0.2) is 4.79 Å². The molecule has 33 heavy (non-hydrogen) atoms. The van der Waals surface area contributed by atoms with E-state index in [2.05, 4.69) is 16.0 Å². The third-order valence-electron chi connectivity index (χ3n) is 5.35. The topological polar surface area (TPSA) is 134 Å². The Bertz CT molecular complexity index is 993. The minimum Gasteiger partial charge on any atom is -0.481 e. The number of carboxylic acids is 1. The zero-order chi connectivity index (χ0) is 23.8. The van der Waals surface area contributed by atoms with Crippen LogP contribution in [0.3, 0.4) is 0 Å². The molecule has 9 nitrogen and oxygen atoms in total. The molecule has 0 heterocycles. The highest BCUT2D eigenvalue weighted by atomic mass is 16.5. The highest BCUT2D eigenvalue weighted by Crippen LogP contribution is 2.44. The van der Waals surface area contributed by atoms with Gasteiger partial charge in [0.25, 0.3) is 0 Å². The molecule has 0 bridgehead atoms. The molecule has 174 valence electrons. The maximum Gasteiger partial charge on any atom is 0.407 e. The van der Waals surface area contributed by atoms with Crippen LogP contribution < -0.4 is 16.0 Å².